The summed E-state index contributed by atoms with van der Waals surface area (Å²) in [5, 5.41) is 0. The summed E-state index contributed by atoms with van der Waals surface area (Å²) in [5.41, 5.74) is 0. The van der Waals surface area contributed by atoms with Crippen molar-refractivity contribution in [1.29, 1.82) is 0 Å². The molecule has 0 saturated heterocycles. The van der Waals surface area contributed by atoms with Crippen LogP contribution in [0.15, 0.2) is 12.2 Å². The first kappa shape index (κ1) is 22.4. The molecule has 2 radical (unpaired) electrons. The van der Waals surface area contributed by atoms with Gasteiger partial charge in [0, 0.05) is 18.9 Å². The van der Waals surface area contributed by atoms with E-state index in [1.807, 2.05) is 13.8 Å². The van der Waals surface area contributed by atoms with Crippen LogP contribution in [0.2, 0.25) is 0 Å². The van der Waals surface area contributed by atoms with Gasteiger partial charge in [0.25, 0.3) is 0 Å². The molecule has 58 valence electrons. The van der Waals surface area contributed by atoms with Crippen LogP contribution in [0.3, 0.4) is 0 Å². The van der Waals surface area contributed by atoms with Gasteiger partial charge in [0.1, 0.15) is 0 Å². The second-order valence-electron chi connectivity index (χ2n) is 1.29. The normalized spacial score (nSPS) is 5.00. The maximum Gasteiger partial charge on any atom is 2.00 e. The van der Waals surface area contributed by atoms with Crippen molar-refractivity contribution in [1.82, 2.24) is 0 Å². The van der Waals surface area contributed by atoms with E-state index in [1.165, 1.54) is 0 Å². The maximum absolute atomic E-state index is 4.90. The van der Waals surface area contributed by atoms with Crippen LogP contribution in [0, 0.1) is 13.2 Å². The Bertz CT molecular complexity index is 45.2. The number of hydrogen-bond donors (Lipinski definition) is 0. The first-order valence-electron chi connectivity index (χ1n) is 2.90. The Morgan fingerprint density at radius 3 is 1.10 bits per heavy atom. The van der Waals surface area contributed by atoms with Crippen molar-refractivity contribution < 1.29 is 17.1 Å². The van der Waals surface area contributed by atoms with E-state index < -0.39 is 0 Å². The molecule has 0 aliphatic heterocycles. The Labute approximate surface area is 87.8 Å². The monoisotopic (exact) mass is 180 g/mol. The van der Waals surface area contributed by atoms with Gasteiger partial charge in [-0.1, -0.05) is 26.7 Å². The molecule has 0 aromatic rings. The molecule has 0 aromatic heterocycles. The standard InChI is InChI=1S/2C4H7.Cu.Li/c2*1-3-4-2;;/h2*1,3H,4H2,2H3;;/q2*-1;+2;. The second-order valence-corrected chi connectivity index (χ2v) is 1.29. The van der Waals surface area contributed by atoms with Crippen molar-refractivity contribution in [3.8, 4) is 0 Å². The average molecular weight is 181 g/mol. The molecule has 0 amide bonds. The third-order valence-electron chi connectivity index (χ3n) is 0.471. The van der Waals surface area contributed by atoms with Gasteiger partial charge in [-0.25, -0.2) is 0 Å². The Balaban J connectivity index is -0.0000000300. The van der Waals surface area contributed by atoms with Gasteiger partial charge in [0.05, 0.1) is 0 Å². The molecule has 0 atom stereocenters. The molecule has 0 heterocycles. The first-order valence-corrected chi connectivity index (χ1v) is 2.90. The van der Waals surface area contributed by atoms with Gasteiger partial charge >= 0.3 is 17.1 Å². The summed E-state index contributed by atoms with van der Waals surface area (Å²) in [6, 6.07) is 0. The van der Waals surface area contributed by atoms with Crippen molar-refractivity contribution in [2.75, 3.05) is 0 Å². The van der Waals surface area contributed by atoms with Gasteiger partial charge < -0.3 is 13.2 Å². The molecule has 0 N–H and O–H groups in total. The number of rotatable bonds is 2. The minimum atomic E-state index is 0. The van der Waals surface area contributed by atoms with Crippen LogP contribution in [0.4, 0.5) is 0 Å². The van der Waals surface area contributed by atoms with E-state index in [4.69, 9.17) is 13.2 Å². The van der Waals surface area contributed by atoms with E-state index in [2.05, 4.69) is 0 Å². The van der Waals surface area contributed by atoms with Gasteiger partial charge in [0.15, 0.2) is 0 Å². The van der Waals surface area contributed by atoms with E-state index >= 15 is 0 Å². The van der Waals surface area contributed by atoms with Crippen molar-refractivity contribution in [2.24, 2.45) is 0 Å². The molecule has 0 rings (SSSR count). The fourth-order valence-corrected chi connectivity index (χ4v) is 0. The molecule has 0 aromatic carbocycles. The van der Waals surface area contributed by atoms with Crippen LogP contribution in [-0.4, -0.2) is 18.9 Å². The topological polar surface area (TPSA) is 0 Å². The third-order valence-corrected chi connectivity index (χ3v) is 0.471. The van der Waals surface area contributed by atoms with Gasteiger partial charge in [-0.05, 0) is 0 Å². The predicted octanol–water partition coefficient (Wildman–Crippen LogP) is 2.39. The van der Waals surface area contributed by atoms with E-state index in [1.54, 1.807) is 12.2 Å². The van der Waals surface area contributed by atoms with E-state index in [0.29, 0.717) is 0 Å². The fourth-order valence-electron chi connectivity index (χ4n) is 0. The SMILES string of the molecule is [CH-]=CCC.[CH-]=CCC.[Cu+2].[Li]. The summed E-state index contributed by atoms with van der Waals surface area (Å²) in [6.07, 6.45) is 5.19. The van der Waals surface area contributed by atoms with Crippen molar-refractivity contribution in [3.63, 3.8) is 0 Å². The molecule has 0 nitrogen and oxygen atoms in total. The van der Waals surface area contributed by atoms with Gasteiger partial charge in [-0.2, -0.15) is 0 Å². The molecule has 10 heavy (non-hydrogen) atoms. The Morgan fingerprint density at radius 2 is 1.10 bits per heavy atom. The summed E-state index contributed by atoms with van der Waals surface area (Å²) < 4.78 is 0. The van der Waals surface area contributed by atoms with Crippen LogP contribution in [-0.2, 0) is 17.1 Å². The van der Waals surface area contributed by atoms with Crippen molar-refractivity contribution >= 4 is 18.9 Å². The summed E-state index contributed by atoms with van der Waals surface area (Å²) in [7, 11) is 0. The minimum absolute atomic E-state index is 0. The zero-order valence-corrected chi connectivity index (χ0v) is 7.97. The van der Waals surface area contributed by atoms with Crippen LogP contribution in [0.25, 0.3) is 0 Å². The van der Waals surface area contributed by atoms with Crippen LogP contribution in [0.5, 0.6) is 0 Å². The van der Waals surface area contributed by atoms with Crippen molar-refractivity contribution in [3.05, 3.63) is 25.3 Å². The number of hydrogen-bond acceptors (Lipinski definition) is 0. The zero-order valence-electron chi connectivity index (χ0n) is 7.03. The summed E-state index contributed by atoms with van der Waals surface area (Å²) >= 11 is 0. The Kier molecular flexibility index (Phi) is 75.3. The molecule has 0 fully saturated rings. The zero-order chi connectivity index (χ0) is 6.83. The Morgan fingerprint density at radius 1 is 1.00 bits per heavy atom. The van der Waals surface area contributed by atoms with Crippen LogP contribution < -0.4 is 0 Å². The summed E-state index contributed by atoms with van der Waals surface area (Å²) in [6.45, 7) is 13.8. The molecule has 2 heteroatoms. The molecule has 0 aliphatic rings. The van der Waals surface area contributed by atoms with E-state index in [0.717, 1.165) is 12.8 Å². The molecule has 0 aliphatic carbocycles. The average Bonchev–Trinajstić information content (AvgIpc) is 1.88. The van der Waals surface area contributed by atoms with E-state index in [-0.39, 0.29) is 35.9 Å². The summed E-state index contributed by atoms with van der Waals surface area (Å²) in [5.74, 6) is 0. The molecule has 0 unspecified atom stereocenters. The molecule has 0 bridgehead atoms. The first-order chi connectivity index (χ1) is 3.83. The van der Waals surface area contributed by atoms with E-state index in [9.17, 15) is 0 Å². The molecular weight excluding hydrogens is 167 g/mol. The molecule has 0 saturated carbocycles. The summed E-state index contributed by atoms with van der Waals surface area (Å²) in [4.78, 5) is 0. The van der Waals surface area contributed by atoms with Crippen LogP contribution in [0.1, 0.15) is 26.7 Å². The predicted molar refractivity (Wildman–Crippen MR) is 44.1 cm³/mol. The van der Waals surface area contributed by atoms with Gasteiger partial charge in [0.2, 0.25) is 0 Å². The second kappa shape index (κ2) is 33.6. The van der Waals surface area contributed by atoms with Gasteiger partial charge in [-0.3, -0.25) is 12.2 Å². The molecule has 0 spiro atoms. The largest absolute Gasteiger partial charge is 2.00 e. The minimum Gasteiger partial charge on any atom is -0.518 e. The van der Waals surface area contributed by atoms with Gasteiger partial charge in [-0.15, -0.1) is 0 Å². The van der Waals surface area contributed by atoms with Crippen LogP contribution >= 0.6 is 0 Å². The molecular formula is C8H14CuLi. The maximum atomic E-state index is 4.90. The fraction of sp³-hybridized carbons (Fsp3) is 0.500. The third kappa shape index (κ3) is 73.6. The van der Waals surface area contributed by atoms with Crippen molar-refractivity contribution in [2.45, 2.75) is 26.7 Å². The quantitative estimate of drug-likeness (QED) is 0.452. The number of allylic oxidation sites excluding steroid dienone is 2. The smallest absolute Gasteiger partial charge is 0.518 e. The Hall–Kier alpha value is 0.597.